The molecule has 2 N–H and O–H groups in total. The van der Waals surface area contributed by atoms with E-state index in [-0.39, 0.29) is 0 Å². The fourth-order valence-electron chi connectivity index (χ4n) is 2.49. The Kier molecular flexibility index (Phi) is 5.08. The zero-order valence-electron chi connectivity index (χ0n) is 10.9. The van der Waals surface area contributed by atoms with E-state index in [9.17, 15) is 0 Å². The summed E-state index contributed by atoms with van der Waals surface area (Å²) in [7, 11) is 2.23. The topological polar surface area (TPSA) is 31.1 Å². The van der Waals surface area contributed by atoms with Crippen LogP contribution in [0.15, 0.2) is 18.3 Å². The van der Waals surface area contributed by atoms with Crippen LogP contribution < -0.4 is 5.32 Å². The molecule has 2 rings (SSSR count). The van der Waals surface area contributed by atoms with Crippen LogP contribution in [0.3, 0.4) is 0 Å². The Labute approximate surface area is 105 Å². The molecule has 1 atom stereocenters. The van der Waals surface area contributed by atoms with Gasteiger partial charge in [-0.05, 0) is 51.5 Å². The van der Waals surface area contributed by atoms with E-state index in [4.69, 9.17) is 0 Å². The Bertz CT molecular complexity index is 288. The minimum Gasteiger partial charge on any atom is -0.365 e. The zero-order valence-corrected chi connectivity index (χ0v) is 10.9. The Hall–Kier alpha value is -0.800. The van der Waals surface area contributed by atoms with Crippen molar-refractivity contribution in [3.8, 4) is 0 Å². The van der Waals surface area contributed by atoms with Gasteiger partial charge in [-0.1, -0.05) is 6.42 Å². The molecule has 0 saturated carbocycles. The van der Waals surface area contributed by atoms with Crippen LogP contribution in [-0.2, 0) is 6.42 Å². The quantitative estimate of drug-likeness (QED) is 0.790. The van der Waals surface area contributed by atoms with Crippen molar-refractivity contribution in [2.24, 2.45) is 0 Å². The van der Waals surface area contributed by atoms with Crippen LogP contribution >= 0.6 is 0 Å². The van der Waals surface area contributed by atoms with Gasteiger partial charge in [0, 0.05) is 30.9 Å². The first-order valence-corrected chi connectivity index (χ1v) is 6.89. The van der Waals surface area contributed by atoms with Crippen LogP contribution in [0.4, 0.5) is 0 Å². The van der Waals surface area contributed by atoms with Gasteiger partial charge >= 0.3 is 0 Å². The van der Waals surface area contributed by atoms with Crippen molar-refractivity contribution in [1.29, 1.82) is 0 Å². The summed E-state index contributed by atoms with van der Waals surface area (Å²) in [5.74, 6) is 0. The molecule has 1 aromatic rings. The van der Waals surface area contributed by atoms with Crippen LogP contribution in [0.2, 0.25) is 0 Å². The monoisotopic (exact) mass is 235 g/mol. The van der Waals surface area contributed by atoms with E-state index in [1.54, 1.807) is 0 Å². The molecule has 96 valence electrons. The molecule has 3 heteroatoms. The van der Waals surface area contributed by atoms with Gasteiger partial charge in [-0.15, -0.1) is 0 Å². The Morgan fingerprint density at radius 3 is 3.00 bits per heavy atom. The second-order valence-corrected chi connectivity index (χ2v) is 5.18. The molecule has 0 bridgehead atoms. The molecule has 0 aliphatic carbocycles. The number of aromatic nitrogens is 1. The highest BCUT2D eigenvalue weighted by atomic mass is 15.1. The number of piperidine rings is 1. The number of rotatable bonds is 6. The molecule has 0 radical (unpaired) electrons. The van der Waals surface area contributed by atoms with Gasteiger partial charge in [0.2, 0.25) is 0 Å². The standard InChI is InChI=1S/C14H25N3/c1-17(12-8-14-6-4-10-16-14)11-7-13-5-2-3-9-15-13/h4,6,10,13,15-16H,2-3,5,7-9,11-12H2,1H3. The predicted molar refractivity (Wildman–Crippen MR) is 72.3 cm³/mol. The van der Waals surface area contributed by atoms with Gasteiger partial charge in [0.05, 0.1) is 0 Å². The molecule has 0 amide bonds. The van der Waals surface area contributed by atoms with Crippen molar-refractivity contribution >= 4 is 0 Å². The van der Waals surface area contributed by atoms with E-state index in [0.717, 1.165) is 19.0 Å². The van der Waals surface area contributed by atoms with Crippen LogP contribution in [0.25, 0.3) is 0 Å². The van der Waals surface area contributed by atoms with Crippen molar-refractivity contribution in [2.45, 2.75) is 38.1 Å². The van der Waals surface area contributed by atoms with E-state index in [1.165, 1.54) is 44.5 Å². The summed E-state index contributed by atoms with van der Waals surface area (Å²) in [5, 5.41) is 3.61. The summed E-state index contributed by atoms with van der Waals surface area (Å²) >= 11 is 0. The lowest BCUT2D eigenvalue weighted by Gasteiger charge is -2.25. The third kappa shape index (κ3) is 4.52. The lowest BCUT2D eigenvalue weighted by molar-refractivity contribution is 0.289. The summed E-state index contributed by atoms with van der Waals surface area (Å²) in [6.45, 7) is 3.57. The number of aromatic amines is 1. The highest BCUT2D eigenvalue weighted by molar-refractivity contribution is 5.03. The summed E-state index contributed by atoms with van der Waals surface area (Å²) in [6.07, 6.45) is 8.55. The highest BCUT2D eigenvalue weighted by Gasteiger charge is 2.12. The van der Waals surface area contributed by atoms with Gasteiger partial charge in [0.25, 0.3) is 0 Å². The number of hydrogen-bond donors (Lipinski definition) is 2. The fraction of sp³-hybridized carbons (Fsp3) is 0.714. The van der Waals surface area contributed by atoms with Gasteiger partial charge in [0.15, 0.2) is 0 Å². The average molecular weight is 235 g/mol. The highest BCUT2D eigenvalue weighted by Crippen LogP contribution is 2.10. The Morgan fingerprint density at radius 1 is 1.35 bits per heavy atom. The van der Waals surface area contributed by atoms with Gasteiger partial charge in [-0.3, -0.25) is 0 Å². The summed E-state index contributed by atoms with van der Waals surface area (Å²) in [6, 6.07) is 4.99. The van der Waals surface area contributed by atoms with Gasteiger partial charge in [0.1, 0.15) is 0 Å². The molecule has 1 fully saturated rings. The maximum atomic E-state index is 3.61. The van der Waals surface area contributed by atoms with Crippen molar-refractivity contribution < 1.29 is 0 Å². The minimum atomic E-state index is 0.761. The number of nitrogens with one attached hydrogen (secondary N) is 2. The maximum absolute atomic E-state index is 3.61. The van der Waals surface area contributed by atoms with E-state index >= 15 is 0 Å². The molecule has 1 saturated heterocycles. The molecule has 17 heavy (non-hydrogen) atoms. The molecule has 3 nitrogen and oxygen atoms in total. The summed E-state index contributed by atoms with van der Waals surface area (Å²) < 4.78 is 0. The van der Waals surface area contributed by atoms with E-state index < -0.39 is 0 Å². The van der Waals surface area contributed by atoms with Gasteiger partial charge in [-0.2, -0.15) is 0 Å². The van der Waals surface area contributed by atoms with Crippen molar-refractivity contribution in [3.63, 3.8) is 0 Å². The van der Waals surface area contributed by atoms with Gasteiger partial charge in [-0.25, -0.2) is 0 Å². The molecular formula is C14H25N3. The van der Waals surface area contributed by atoms with E-state index in [0.29, 0.717) is 0 Å². The number of likely N-dealkylation sites (N-methyl/N-ethyl adjacent to an activating group) is 1. The number of H-pyrrole nitrogens is 1. The minimum absolute atomic E-state index is 0.761. The molecule has 0 spiro atoms. The molecule has 2 heterocycles. The van der Waals surface area contributed by atoms with E-state index in [2.05, 4.69) is 34.4 Å². The van der Waals surface area contributed by atoms with E-state index in [1.807, 2.05) is 6.20 Å². The normalized spacial score (nSPS) is 20.9. The van der Waals surface area contributed by atoms with Crippen LogP contribution in [0, 0.1) is 0 Å². The number of hydrogen-bond acceptors (Lipinski definition) is 2. The van der Waals surface area contributed by atoms with Crippen LogP contribution in [-0.4, -0.2) is 42.6 Å². The first kappa shape index (κ1) is 12.7. The third-order valence-electron chi connectivity index (χ3n) is 3.70. The molecule has 1 unspecified atom stereocenters. The van der Waals surface area contributed by atoms with Crippen molar-refractivity contribution in [2.75, 3.05) is 26.7 Å². The Balaban J connectivity index is 1.58. The average Bonchev–Trinajstić information content (AvgIpc) is 2.88. The molecule has 0 aromatic carbocycles. The second-order valence-electron chi connectivity index (χ2n) is 5.18. The molecular weight excluding hydrogens is 210 g/mol. The van der Waals surface area contributed by atoms with Gasteiger partial charge < -0.3 is 15.2 Å². The molecule has 1 aromatic heterocycles. The molecule has 1 aliphatic rings. The first-order chi connectivity index (χ1) is 8.34. The maximum Gasteiger partial charge on any atom is 0.0159 e. The summed E-state index contributed by atoms with van der Waals surface area (Å²) in [4.78, 5) is 5.70. The van der Waals surface area contributed by atoms with Crippen molar-refractivity contribution in [3.05, 3.63) is 24.0 Å². The van der Waals surface area contributed by atoms with Crippen molar-refractivity contribution in [1.82, 2.24) is 15.2 Å². The Morgan fingerprint density at radius 2 is 2.29 bits per heavy atom. The number of nitrogens with zero attached hydrogens (tertiary/aromatic N) is 1. The fourth-order valence-corrected chi connectivity index (χ4v) is 2.49. The predicted octanol–water partition coefficient (Wildman–Crippen LogP) is 2.02. The largest absolute Gasteiger partial charge is 0.365 e. The zero-order chi connectivity index (χ0) is 11.9. The summed E-state index contributed by atoms with van der Waals surface area (Å²) in [5.41, 5.74) is 1.34. The van der Waals surface area contributed by atoms with Crippen LogP contribution in [0.5, 0.6) is 0 Å². The lowest BCUT2D eigenvalue weighted by Crippen LogP contribution is -2.37. The second kappa shape index (κ2) is 6.82. The first-order valence-electron chi connectivity index (χ1n) is 6.89. The molecule has 1 aliphatic heterocycles. The lowest BCUT2D eigenvalue weighted by atomic mass is 10.0. The SMILES string of the molecule is CN(CCc1ccc[nH]1)CCC1CCCCN1. The smallest absolute Gasteiger partial charge is 0.0159 e. The third-order valence-corrected chi connectivity index (χ3v) is 3.70. The van der Waals surface area contributed by atoms with Crippen LogP contribution in [0.1, 0.15) is 31.4 Å².